The van der Waals surface area contributed by atoms with Gasteiger partial charge >= 0.3 is 0 Å². The third-order valence-corrected chi connectivity index (χ3v) is 3.38. The smallest absolute Gasteiger partial charge is 0.279 e. The summed E-state index contributed by atoms with van der Waals surface area (Å²) < 4.78 is 5.69. The second kappa shape index (κ2) is 6.34. The number of hydrogen-bond acceptors (Lipinski definition) is 5. The maximum atomic E-state index is 12.0. The fraction of sp³-hybridized carbons (Fsp3) is 0.250. The molecule has 1 aliphatic rings. The van der Waals surface area contributed by atoms with Gasteiger partial charge in [-0.05, 0) is 29.8 Å². The van der Waals surface area contributed by atoms with Crippen LogP contribution in [0.1, 0.15) is 6.92 Å². The Morgan fingerprint density at radius 2 is 2.09 bits per heavy atom. The molecule has 22 heavy (non-hydrogen) atoms. The lowest BCUT2D eigenvalue weighted by Gasteiger charge is -2.16. The maximum Gasteiger partial charge on any atom is 0.279 e. The van der Waals surface area contributed by atoms with Crippen LogP contribution in [0.5, 0.6) is 5.75 Å². The molecule has 0 saturated heterocycles. The van der Waals surface area contributed by atoms with E-state index in [1.165, 1.54) is 0 Å². The van der Waals surface area contributed by atoms with Crippen LogP contribution in [0.15, 0.2) is 47.5 Å². The highest BCUT2D eigenvalue weighted by Crippen LogP contribution is 2.21. The normalized spacial score (nSPS) is 14.9. The minimum atomic E-state index is -0.615. The van der Waals surface area contributed by atoms with Gasteiger partial charge in [0.05, 0.1) is 6.54 Å². The molecule has 0 aromatic heterocycles. The van der Waals surface area contributed by atoms with Crippen molar-refractivity contribution in [3.8, 4) is 5.75 Å². The summed E-state index contributed by atoms with van der Waals surface area (Å²) in [5.41, 5.74) is 5.31. The number of nitrogens with zero attached hydrogens (tertiary/aromatic N) is 1. The fourth-order valence-electron chi connectivity index (χ4n) is 2.20. The Kier molecular flexibility index (Phi) is 4.09. The summed E-state index contributed by atoms with van der Waals surface area (Å²) in [6.45, 7) is 3.19. The van der Waals surface area contributed by atoms with Crippen LogP contribution < -0.4 is 20.9 Å². The Balaban J connectivity index is 1.59. The second-order valence-electron chi connectivity index (χ2n) is 5.04. The number of hydrazine groups is 1. The lowest BCUT2D eigenvalue weighted by Crippen LogP contribution is -2.50. The molecule has 0 bridgehead atoms. The molecule has 6 nitrogen and oxygen atoms in total. The Labute approximate surface area is 128 Å². The number of hydrogen-bond donors (Lipinski definition) is 3. The summed E-state index contributed by atoms with van der Waals surface area (Å²) in [7, 11) is 0. The van der Waals surface area contributed by atoms with Crippen molar-refractivity contribution in [2.24, 2.45) is 4.99 Å². The van der Waals surface area contributed by atoms with Crippen LogP contribution in [-0.2, 0) is 4.79 Å². The number of nitrogens with one attached hydrogen (secondary N) is 3. The first kappa shape index (κ1) is 14.2. The van der Waals surface area contributed by atoms with Gasteiger partial charge in [-0.3, -0.25) is 20.6 Å². The third-order valence-electron chi connectivity index (χ3n) is 3.38. The van der Waals surface area contributed by atoms with Gasteiger partial charge < -0.3 is 10.1 Å². The zero-order valence-electron chi connectivity index (χ0n) is 12.3. The summed E-state index contributed by atoms with van der Waals surface area (Å²) in [6.07, 6.45) is -0.615. The zero-order valence-corrected chi connectivity index (χ0v) is 12.3. The average Bonchev–Trinajstić information content (AvgIpc) is 3.06. The van der Waals surface area contributed by atoms with Gasteiger partial charge in [-0.25, -0.2) is 0 Å². The number of rotatable bonds is 3. The maximum absolute atomic E-state index is 12.0. The van der Waals surface area contributed by atoms with Crippen molar-refractivity contribution in [2.75, 3.05) is 13.1 Å². The van der Waals surface area contributed by atoms with Gasteiger partial charge in [-0.15, -0.1) is 0 Å². The quantitative estimate of drug-likeness (QED) is 0.744. The Hall–Kier alpha value is -2.76. The molecule has 1 amide bonds. The predicted octanol–water partition coefficient (Wildman–Crippen LogP) is 1.19. The van der Waals surface area contributed by atoms with Crippen LogP contribution in [0.2, 0.25) is 0 Å². The summed E-state index contributed by atoms with van der Waals surface area (Å²) in [5.74, 6) is 0.980. The molecule has 114 valence electrons. The topological polar surface area (TPSA) is 74.8 Å². The number of aliphatic imine (C=N–C) groups is 1. The first-order valence-corrected chi connectivity index (χ1v) is 7.22. The van der Waals surface area contributed by atoms with E-state index in [4.69, 9.17) is 4.74 Å². The number of carbonyl (C=O) groups is 1. The Morgan fingerprint density at radius 3 is 2.86 bits per heavy atom. The molecule has 1 heterocycles. The largest absolute Gasteiger partial charge is 0.481 e. The van der Waals surface area contributed by atoms with Crippen molar-refractivity contribution in [3.63, 3.8) is 0 Å². The van der Waals surface area contributed by atoms with Crippen molar-refractivity contribution < 1.29 is 9.53 Å². The van der Waals surface area contributed by atoms with Gasteiger partial charge in [-0.2, -0.15) is 0 Å². The molecular weight excluding hydrogens is 280 g/mol. The number of benzene rings is 2. The van der Waals surface area contributed by atoms with E-state index < -0.39 is 6.10 Å². The molecule has 0 saturated carbocycles. The fourth-order valence-corrected chi connectivity index (χ4v) is 2.20. The van der Waals surface area contributed by atoms with Gasteiger partial charge in [-0.1, -0.05) is 30.3 Å². The number of ether oxygens (including phenoxy) is 1. The molecular formula is C16H18N4O2. The SMILES string of the molecule is CC(Oc1ccc2ccccc2c1)C(=O)NNC1=NCCN1. The van der Waals surface area contributed by atoms with Crippen LogP contribution in [0.25, 0.3) is 10.8 Å². The first-order valence-electron chi connectivity index (χ1n) is 7.22. The van der Waals surface area contributed by atoms with E-state index in [9.17, 15) is 4.79 Å². The lowest BCUT2D eigenvalue weighted by atomic mass is 10.1. The molecule has 2 aromatic rings. The number of guanidine groups is 1. The van der Waals surface area contributed by atoms with Gasteiger partial charge in [0.1, 0.15) is 5.75 Å². The van der Waals surface area contributed by atoms with E-state index in [-0.39, 0.29) is 5.91 Å². The van der Waals surface area contributed by atoms with Crippen molar-refractivity contribution in [2.45, 2.75) is 13.0 Å². The molecule has 1 aliphatic heterocycles. The molecule has 0 fully saturated rings. The number of carbonyl (C=O) groups excluding carboxylic acids is 1. The summed E-state index contributed by atoms with van der Waals surface area (Å²) >= 11 is 0. The highest BCUT2D eigenvalue weighted by molar-refractivity contribution is 5.87. The highest BCUT2D eigenvalue weighted by Gasteiger charge is 2.15. The van der Waals surface area contributed by atoms with E-state index in [0.29, 0.717) is 18.3 Å². The minimum absolute atomic E-state index is 0.260. The number of amides is 1. The van der Waals surface area contributed by atoms with Crippen LogP contribution in [0, 0.1) is 0 Å². The van der Waals surface area contributed by atoms with Crippen LogP contribution in [-0.4, -0.2) is 31.1 Å². The molecule has 0 aliphatic carbocycles. The van der Waals surface area contributed by atoms with Crippen molar-refractivity contribution in [1.29, 1.82) is 0 Å². The zero-order chi connectivity index (χ0) is 15.4. The van der Waals surface area contributed by atoms with Crippen molar-refractivity contribution in [1.82, 2.24) is 16.2 Å². The van der Waals surface area contributed by atoms with Crippen LogP contribution in [0.4, 0.5) is 0 Å². The van der Waals surface area contributed by atoms with Gasteiger partial charge in [0, 0.05) is 6.54 Å². The third kappa shape index (κ3) is 3.28. The molecule has 3 N–H and O–H groups in total. The Bertz CT molecular complexity index is 714. The standard InChI is InChI=1S/C16H18N4O2/c1-11(15(21)19-20-16-17-8-9-18-16)22-14-7-6-12-4-2-3-5-13(12)10-14/h2-7,10-11H,8-9H2,1H3,(H,19,21)(H2,17,18,20). The van der Waals surface area contributed by atoms with Crippen molar-refractivity contribution >= 4 is 22.6 Å². The molecule has 0 spiro atoms. The van der Waals surface area contributed by atoms with E-state index >= 15 is 0 Å². The molecule has 3 rings (SSSR count). The monoisotopic (exact) mass is 298 g/mol. The van der Waals surface area contributed by atoms with Crippen molar-refractivity contribution in [3.05, 3.63) is 42.5 Å². The van der Waals surface area contributed by atoms with E-state index in [2.05, 4.69) is 21.2 Å². The lowest BCUT2D eigenvalue weighted by molar-refractivity contribution is -0.127. The first-order chi connectivity index (χ1) is 10.7. The molecule has 0 radical (unpaired) electrons. The molecule has 1 unspecified atom stereocenters. The van der Waals surface area contributed by atoms with E-state index in [0.717, 1.165) is 17.3 Å². The highest BCUT2D eigenvalue weighted by atomic mass is 16.5. The van der Waals surface area contributed by atoms with Gasteiger partial charge in [0.2, 0.25) is 5.96 Å². The number of fused-ring (bicyclic) bond motifs is 1. The molecule has 6 heteroatoms. The van der Waals surface area contributed by atoms with Crippen LogP contribution in [0.3, 0.4) is 0 Å². The average molecular weight is 298 g/mol. The van der Waals surface area contributed by atoms with Gasteiger partial charge in [0.25, 0.3) is 5.91 Å². The van der Waals surface area contributed by atoms with Gasteiger partial charge in [0.15, 0.2) is 6.10 Å². The summed E-state index contributed by atoms with van der Waals surface area (Å²) in [4.78, 5) is 16.1. The molecule has 2 aromatic carbocycles. The second-order valence-corrected chi connectivity index (χ2v) is 5.04. The van der Waals surface area contributed by atoms with E-state index in [1.54, 1.807) is 6.92 Å². The summed E-state index contributed by atoms with van der Waals surface area (Å²) in [5, 5.41) is 5.22. The molecule has 1 atom stereocenters. The minimum Gasteiger partial charge on any atom is -0.481 e. The van der Waals surface area contributed by atoms with E-state index in [1.807, 2.05) is 42.5 Å². The predicted molar refractivity (Wildman–Crippen MR) is 85.6 cm³/mol. The van der Waals surface area contributed by atoms with Crippen LogP contribution >= 0.6 is 0 Å². The summed E-state index contributed by atoms with van der Waals surface area (Å²) in [6, 6.07) is 13.8. The Morgan fingerprint density at radius 1 is 1.27 bits per heavy atom.